The first-order valence-corrected chi connectivity index (χ1v) is 11.2. The van der Waals surface area contributed by atoms with E-state index in [1.807, 2.05) is 31.0 Å². The first-order chi connectivity index (χ1) is 14.5. The molecule has 0 bridgehead atoms. The van der Waals surface area contributed by atoms with E-state index < -0.39 is 0 Å². The summed E-state index contributed by atoms with van der Waals surface area (Å²) in [4.78, 5) is 19.0. The highest BCUT2D eigenvalue weighted by Gasteiger charge is 2.42. The molecule has 1 unspecified atom stereocenters. The molecular weight excluding hydrogens is 374 g/mol. The summed E-state index contributed by atoms with van der Waals surface area (Å²) >= 11 is 0. The molecule has 1 aromatic carbocycles. The minimum atomic E-state index is -0.125. The third-order valence-corrected chi connectivity index (χ3v) is 6.88. The Kier molecular flexibility index (Phi) is 5.83. The lowest BCUT2D eigenvalue weighted by Crippen LogP contribution is -2.49. The Morgan fingerprint density at radius 1 is 1.17 bits per heavy atom. The molecule has 1 N–H and O–H groups in total. The third kappa shape index (κ3) is 3.83. The molecule has 160 valence electrons. The molecule has 1 spiro atoms. The van der Waals surface area contributed by atoms with E-state index in [2.05, 4.69) is 42.3 Å². The molecule has 2 aromatic rings. The first-order valence-electron chi connectivity index (χ1n) is 11.2. The summed E-state index contributed by atoms with van der Waals surface area (Å²) in [6.07, 6.45) is 4.89. The molecule has 5 nitrogen and oxygen atoms in total. The predicted molar refractivity (Wildman–Crippen MR) is 119 cm³/mol. The van der Waals surface area contributed by atoms with Gasteiger partial charge in [0.2, 0.25) is 0 Å². The highest BCUT2D eigenvalue weighted by molar-refractivity contribution is 5.92. The van der Waals surface area contributed by atoms with Crippen LogP contribution in [0.1, 0.15) is 71.8 Å². The number of fused-ring (bicyclic) bond motifs is 1. The lowest BCUT2D eigenvalue weighted by atomic mass is 9.75. The predicted octanol–water partition coefficient (Wildman–Crippen LogP) is 4.22. The van der Waals surface area contributed by atoms with Gasteiger partial charge in [0, 0.05) is 30.8 Å². The Labute approximate surface area is 179 Å². The van der Waals surface area contributed by atoms with Crippen molar-refractivity contribution in [3.8, 4) is 5.75 Å². The van der Waals surface area contributed by atoms with Gasteiger partial charge in [-0.2, -0.15) is 0 Å². The van der Waals surface area contributed by atoms with Crippen molar-refractivity contribution in [2.24, 2.45) is 0 Å². The molecule has 2 aliphatic rings. The Morgan fingerprint density at radius 2 is 1.87 bits per heavy atom. The molecule has 5 heteroatoms. The van der Waals surface area contributed by atoms with E-state index in [9.17, 15) is 4.79 Å². The fourth-order valence-electron chi connectivity index (χ4n) is 4.83. The molecule has 0 aliphatic carbocycles. The van der Waals surface area contributed by atoms with Gasteiger partial charge in [-0.25, -0.2) is 0 Å². The Hall–Kier alpha value is -2.40. The zero-order valence-electron chi connectivity index (χ0n) is 18.6. The topological polar surface area (TPSA) is 54.5 Å². The number of benzene rings is 1. The van der Waals surface area contributed by atoms with E-state index in [1.54, 1.807) is 0 Å². The van der Waals surface area contributed by atoms with E-state index in [0.29, 0.717) is 18.8 Å². The van der Waals surface area contributed by atoms with Crippen molar-refractivity contribution in [2.45, 2.75) is 58.5 Å². The van der Waals surface area contributed by atoms with Crippen LogP contribution in [0.4, 0.5) is 0 Å². The zero-order chi connectivity index (χ0) is 21.3. The summed E-state index contributed by atoms with van der Waals surface area (Å²) in [5.74, 6) is 1.25. The minimum absolute atomic E-state index is 0.000206. The third-order valence-electron chi connectivity index (χ3n) is 6.88. The number of ether oxygens (including phenoxy) is 1. The molecule has 0 saturated carbocycles. The Morgan fingerprint density at radius 3 is 2.50 bits per heavy atom. The van der Waals surface area contributed by atoms with E-state index in [1.165, 1.54) is 16.7 Å². The molecule has 4 rings (SSSR count). The van der Waals surface area contributed by atoms with Crippen molar-refractivity contribution >= 4 is 5.91 Å². The van der Waals surface area contributed by atoms with Gasteiger partial charge in [0.15, 0.2) is 0 Å². The number of piperidine rings is 1. The number of pyridine rings is 1. The molecule has 2 aliphatic heterocycles. The number of aromatic nitrogens is 1. The normalized spacial score (nSPS) is 19.8. The number of carbonyl (C=O) groups is 1. The SMILES string of the molecule is CCN(CC)C(=O)c1ccc(C2CC3(CCNCC3)Oc3cc(C)c(C)cc32)cn1. The molecule has 3 heterocycles. The van der Waals surface area contributed by atoms with Gasteiger partial charge in [-0.05, 0) is 88.9 Å². The number of aryl methyl sites for hydroxylation is 2. The van der Waals surface area contributed by atoms with Gasteiger partial charge in [-0.15, -0.1) is 0 Å². The maximum Gasteiger partial charge on any atom is 0.272 e. The van der Waals surface area contributed by atoms with Gasteiger partial charge in [0.05, 0.1) is 0 Å². The van der Waals surface area contributed by atoms with Gasteiger partial charge < -0.3 is 15.0 Å². The van der Waals surface area contributed by atoms with Crippen molar-refractivity contribution in [3.63, 3.8) is 0 Å². The van der Waals surface area contributed by atoms with Crippen LogP contribution in [0.25, 0.3) is 0 Å². The summed E-state index contributed by atoms with van der Waals surface area (Å²) in [5.41, 5.74) is 5.34. The van der Waals surface area contributed by atoms with Gasteiger partial charge in [-0.1, -0.05) is 12.1 Å². The Balaban J connectivity index is 1.70. The van der Waals surface area contributed by atoms with Crippen LogP contribution in [0.3, 0.4) is 0 Å². The Bertz CT molecular complexity index is 913. The lowest BCUT2D eigenvalue weighted by molar-refractivity contribution is 0.0113. The van der Waals surface area contributed by atoms with Crippen molar-refractivity contribution in [2.75, 3.05) is 26.2 Å². The minimum Gasteiger partial charge on any atom is -0.487 e. The number of rotatable bonds is 4. The van der Waals surface area contributed by atoms with Crippen molar-refractivity contribution in [1.29, 1.82) is 0 Å². The van der Waals surface area contributed by atoms with E-state index >= 15 is 0 Å². The van der Waals surface area contributed by atoms with Gasteiger partial charge in [0.25, 0.3) is 5.91 Å². The average molecular weight is 408 g/mol. The molecule has 1 atom stereocenters. The van der Waals surface area contributed by atoms with Crippen molar-refractivity contribution in [1.82, 2.24) is 15.2 Å². The highest BCUT2D eigenvalue weighted by Crippen LogP contribution is 2.48. The van der Waals surface area contributed by atoms with Crippen LogP contribution < -0.4 is 10.1 Å². The summed E-state index contributed by atoms with van der Waals surface area (Å²) in [7, 11) is 0. The van der Waals surface area contributed by atoms with Gasteiger partial charge >= 0.3 is 0 Å². The first kappa shape index (κ1) is 20.9. The monoisotopic (exact) mass is 407 g/mol. The average Bonchev–Trinajstić information content (AvgIpc) is 2.76. The van der Waals surface area contributed by atoms with E-state index in [4.69, 9.17) is 4.74 Å². The summed E-state index contributed by atoms with van der Waals surface area (Å²) in [6, 6.07) is 8.46. The van der Waals surface area contributed by atoms with Crippen LogP contribution in [-0.4, -0.2) is 47.6 Å². The quantitative estimate of drug-likeness (QED) is 0.825. The van der Waals surface area contributed by atoms with Crippen LogP contribution >= 0.6 is 0 Å². The largest absolute Gasteiger partial charge is 0.487 e. The van der Waals surface area contributed by atoms with Crippen LogP contribution in [0, 0.1) is 13.8 Å². The molecular formula is C25H33N3O2. The maximum atomic E-state index is 12.7. The maximum absolute atomic E-state index is 12.7. The number of nitrogens with zero attached hydrogens (tertiary/aromatic N) is 2. The second kappa shape index (κ2) is 8.38. The van der Waals surface area contributed by atoms with Gasteiger partial charge in [-0.3, -0.25) is 9.78 Å². The molecule has 1 fully saturated rings. The van der Waals surface area contributed by atoms with Crippen molar-refractivity contribution in [3.05, 3.63) is 58.4 Å². The van der Waals surface area contributed by atoms with Crippen LogP contribution in [-0.2, 0) is 0 Å². The van der Waals surface area contributed by atoms with Crippen LogP contribution in [0.15, 0.2) is 30.5 Å². The van der Waals surface area contributed by atoms with E-state index in [-0.39, 0.29) is 17.4 Å². The summed E-state index contributed by atoms with van der Waals surface area (Å²) < 4.78 is 6.65. The zero-order valence-corrected chi connectivity index (χ0v) is 18.6. The fourth-order valence-corrected chi connectivity index (χ4v) is 4.83. The number of amides is 1. The lowest BCUT2D eigenvalue weighted by Gasteiger charge is -2.45. The number of nitrogens with one attached hydrogen (secondary N) is 1. The smallest absolute Gasteiger partial charge is 0.272 e. The second-order valence-corrected chi connectivity index (χ2v) is 8.72. The van der Waals surface area contributed by atoms with Crippen LogP contribution in [0.2, 0.25) is 0 Å². The fraction of sp³-hybridized carbons (Fsp3) is 0.520. The number of carbonyl (C=O) groups excluding carboxylic acids is 1. The molecule has 30 heavy (non-hydrogen) atoms. The standard InChI is InChI=1S/C25H33N3O2/c1-5-28(6-2)24(29)22-8-7-19(16-27-22)21-15-25(9-11-26-12-10-25)30-23-14-18(4)17(3)13-20(21)23/h7-8,13-14,16,21,26H,5-6,9-12,15H2,1-4H3. The number of hydrogen-bond acceptors (Lipinski definition) is 4. The van der Waals surface area contributed by atoms with Crippen molar-refractivity contribution < 1.29 is 9.53 Å². The highest BCUT2D eigenvalue weighted by atomic mass is 16.5. The molecule has 1 aromatic heterocycles. The van der Waals surface area contributed by atoms with Crippen LogP contribution in [0.5, 0.6) is 5.75 Å². The number of hydrogen-bond donors (Lipinski definition) is 1. The summed E-state index contributed by atoms with van der Waals surface area (Å²) in [5, 5.41) is 3.46. The molecule has 0 radical (unpaired) electrons. The summed E-state index contributed by atoms with van der Waals surface area (Å²) in [6.45, 7) is 11.7. The molecule has 1 amide bonds. The van der Waals surface area contributed by atoms with Gasteiger partial charge in [0.1, 0.15) is 17.0 Å². The second-order valence-electron chi connectivity index (χ2n) is 8.72. The molecule has 1 saturated heterocycles. The van der Waals surface area contributed by atoms with E-state index in [0.717, 1.165) is 43.7 Å².